The Kier molecular flexibility index (Phi) is 9.83. The van der Waals surface area contributed by atoms with E-state index in [9.17, 15) is 14.4 Å². The highest BCUT2D eigenvalue weighted by Crippen LogP contribution is 2.38. The third-order valence-electron chi connectivity index (χ3n) is 9.95. The average Bonchev–Trinajstić information content (AvgIpc) is 3.95. The van der Waals surface area contributed by atoms with Gasteiger partial charge in [0.05, 0.1) is 36.7 Å². The van der Waals surface area contributed by atoms with Gasteiger partial charge in [-0.15, -0.1) is 0 Å². The molecule has 0 unspecified atom stereocenters. The highest BCUT2D eigenvalue weighted by Gasteiger charge is 2.32. The van der Waals surface area contributed by atoms with Crippen molar-refractivity contribution in [2.75, 3.05) is 50.5 Å². The van der Waals surface area contributed by atoms with E-state index in [0.29, 0.717) is 53.0 Å². The number of hydrogen-bond acceptors (Lipinski definition) is 7. The number of fused-ring (bicyclic) bond motifs is 2. The van der Waals surface area contributed by atoms with Crippen molar-refractivity contribution >= 4 is 41.0 Å². The van der Waals surface area contributed by atoms with Gasteiger partial charge in [0.1, 0.15) is 11.4 Å². The van der Waals surface area contributed by atoms with Gasteiger partial charge in [0.25, 0.3) is 17.7 Å². The number of nitrogens with zero attached hydrogens (tertiary/aromatic N) is 5. The second kappa shape index (κ2) is 14.8. The largest absolute Gasteiger partial charge is 0.493 e. The zero-order chi connectivity index (χ0) is 35.5. The molecule has 51 heavy (non-hydrogen) atoms. The maximum Gasteiger partial charge on any atom is 0.272 e. The van der Waals surface area contributed by atoms with Crippen molar-refractivity contribution in [2.24, 2.45) is 19.1 Å². The van der Waals surface area contributed by atoms with E-state index in [1.165, 1.54) is 0 Å². The zero-order valence-electron chi connectivity index (χ0n) is 29.5. The van der Waals surface area contributed by atoms with E-state index in [1.54, 1.807) is 23.8 Å². The molecular weight excluding hydrogens is 646 g/mol. The van der Waals surface area contributed by atoms with E-state index in [2.05, 4.69) is 15.6 Å². The molecule has 2 aromatic carbocycles. The van der Waals surface area contributed by atoms with E-state index in [-0.39, 0.29) is 23.8 Å². The molecule has 3 aliphatic rings. The summed E-state index contributed by atoms with van der Waals surface area (Å²) in [6.45, 7) is 3.57. The lowest BCUT2D eigenvalue weighted by atomic mass is 10.1. The normalized spacial score (nSPS) is 16.5. The lowest BCUT2D eigenvalue weighted by Crippen LogP contribution is -2.35. The van der Waals surface area contributed by atoms with Crippen molar-refractivity contribution in [3.8, 4) is 22.6 Å². The number of carbonyl (C=O) groups is 3. The molecule has 0 radical (unpaired) electrons. The summed E-state index contributed by atoms with van der Waals surface area (Å²) in [7, 11) is 5.33. The second-order valence-corrected chi connectivity index (χ2v) is 13.5. The van der Waals surface area contributed by atoms with Crippen LogP contribution in [0.3, 0.4) is 0 Å². The van der Waals surface area contributed by atoms with Crippen molar-refractivity contribution in [1.29, 1.82) is 0 Å². The van der Waals surface area contributed by atoms with E-state index in [0.717, 1.165) is 75.0 Å². The highest BCUT2D eigenvalue weighted by molar-refractivity contribution is 6.04. The van der Waals surface area contributed by atoms with Gasteiger partial charge < -0.3 is 39.0 Å². The minimum atomic E-state index is -0.203. The molecular formula is C39H45N7O5. The van der Waals surface area contributed by atoms with Crippen LogP contribution >= 0.6 is 0 Å². The van der Waals surface area contributed by atoms with Crippen LogP contribution in [0.1, 0.15) is 69.9 Å². The lowest BCUT2D eigenvalue weighted by molar-refractivity contribution is 0.0770. The smallest absolute Gasteiger partial charge is 0.272 e. The number of anilines is 2. The molecule has 3 amide bonds. The summed E-state index contributed by atoms with van der Waals surface area (Å²) < 4.78 is 15.3. The van der Waals surface area contributed by atoms with Crippen molar-refractivity contribution in [1.82, 2.24) is 18.9 Å². The number of nitrogens with one attached hydrogen (secondary N) is 2. The monoisotopic (exact) mass is 691 g/mol. The number of amides is 3. The van der Waals surface area contributed by atoms with Gasteiger partial charge in [-0.2, -0.15) is 0 Å². The molecule has 2 aromatic heterocycles. The molecule has 2 fully saturated rings. The van der Waals surface area contributed by atoms with Gasteiger partial charge in [0.2, 0.25) is 0 Å². The van der Waals surface area contributed by atoms with Crippen molar-refractivity contribution in [2.45, 2.75) is 44.6 Å². The first-order valence-corrected chi connectivity index (χ1v) is 17.8. The molecule has 266 valence electrons. The molecule has 5 heterocycles. The first kappa shape index (κ1) is 34.0. The summed E-state index contributed by atoms with van der Waals surface area (Å²) in [6, 6.07) is 15.0. The van der Waals surface area contributed by atoms with Crippen molar-refractivity contribution in [3.05, 3.63) is 77.9 Å². The third kappa shape index (κ3) is 7.21. The average molecular weight is 692 g/mol. The molecule has 0 spiro atoms. The number of methoxy groups -OCH3 is 1. The predicted molar refractivity (Wildman–Crippen MR) is 198 cm³/mol. The topological polar surface area (TPSA) is 122 Å². The number of aryl methyl sites for hydroxylation is 2. The number of hydrogen-bond donors (Lipinski definition) is 2. The van der Waals surface area contributed by atoms with Crippen molar-refractivity contribution < 1.29 is 23.9 Å². The molecule has 12 heteroatoms. The third-order valence-corrected chi connectivity index (χ3v) is 9.95. The maximum absolute atomic E-state index is 13.2. The number of ether oxygens (including phenoxy) is 2. The molecule has 2 saturated heterocycles. The van der Waals surface area contributed by atoms with Crippen LogP contribution in [0.5, 0.6) is 11.5 Å². The number of aliphatic imine (C=N–C) groups is 1. The van der Waals surface area contributed by atoms with Crippen LogP contribution in [0.15, 0.2) is 65.9 Å². The van der Waals surface area contributed by atoms with Gasteiger partial charge in [-0.1, -0.05) is 12.1 Å². The number of rotatable bonds is 12. The fourth-order valence-electron chi connectivity index (χ4n) is 7.11. The van der Waals surface area contributed by atoms with Gasteiger partial charge in [0.15, 0.2) is 11.5 Å². The standard InChI is InChI=1S/C39H45N7O5/c1-43-24-27(19-34(43)39(49)45-15-5-6-16-45)26-10-12-28(13-11-26)42-37(47)33-20-29(25-44(33)2)40-14-4-7-18-51-36-22-32-31(21-35(36)50-3)38(48)46-17-8-9-30(46)23-41-32/h10-13,19-25,30,40H,4-9,14-18H2,1-3H3,(H,42,47)/t30-/m0/s1. The molecule has 3 aliphatic heterocycles. The number of carbonyl (C=O) groups excluding carboxylic acids is 3. The first-order valence-electron chi connectivity index (χ1n) is 17.8. The molecule has 4 aromatic rings. The Morgan fingerprint density at radius 1 is 0.863 bits per heavy atom. The SMILES string of the molecule is COc1cc2c(cc1OCCCCNc1cc(C(=O)Nc3ccc(-c4cc(C(=O)N5CCCC5)n(C)c4)cc3)n(C)c1)N=C[C@@H]1CCCN1C2=O. The number of unbranched alkanes of at least 4 members (excludes halogenated alkanes) is 1. The van der Waals surface area contributed by atoms with Gasteiger partial charge in [-0.25, -0.2) is 0 Å². The van der Waals surface area contributed by atoms with Crippen LogP contribution in [0.25, 0.3) is 11.1 Å². The van der Waals surface area contributed by atoms with Gasteiger partial charge in [-0.05, 0) is 74.4 Å². The predicted octanol–water partition coefficient (Wildman–Crippen LogP) is 6.12. The minimum Gasteiger partial charge on any atom is -0.493 e. The van der Waals surface area contributed by atoms with E-state index < -0.39 is 0 Å². The molecule has 1 atom stereocenters. The Labute approximate surface area is 298 Å². The molecule has 0 saturated carbocycles. The van der Waals surface area contributed by atoms with Crippen LogP contribution < -0.4 is 20.1 Å². The molecule has 7 rings (SSSR count). The summed E-state index contributed by atoms with van der Waals surface area (Å²) in [5.74, 6) is 0.954. The summed E-state index contributed by atoms with van der Waals surface area (Å²) in [4.78, 5) is 47.6. The Hall–Kier alpha value is -5.52. The van der Waals surface area contributed by atoms with E-state index in [4.69, 9.17) is 9.47 Å². The second-order valence-electron chi connectivity index (χ2n) is 13.5. The zero-order valence-corrected chi connectivity index (χ0v) is 29.5. The summed E-state index contributed by atoms with van der Waals surface area (Å²) >= 11 is 0. The van der Waals surface area contributed by atoms with Crippen LogP contribution in [0.2, 0.25) is 0 Å². The fourth-order valence-corrected chi connectivity index (χ4v) is 7.11. The van der Waals surface area contributed by atoms with Gasteiger partial charge in [0, 0.05) is 76.2 Å². The number of benzene rings is 2. The maximum atomic E-state index is 13.2. The van der Waals surface area contributed by atoms with Gasteiger partial charge >= 0.3 is 0 Å². The Bertz CT molecular complexity index is 1950. The molecule has 12 nitrogen and oxygen atoms in total. The van der Waals surface area contributed by atoms with Crippen molar-refractivity contribution in [3.63, 3.8) is 0 Å². The first-order chi connectivity index (χ1) is 24.8. The lowest BCUT2D eigenvalue weighted by Gasteiger charge is -2.20. The molecule has 0 aliphatic carbocycles. The summed E-state index contributed by atoms with van der Waals surface area (Å²) in [5, 5.41) is 6.40. The quantitative estimate of drug-likeness (QED) is 0.173. The van der Waals surface area contributed by atoms with E-state index >= 15 is 0 Å². The molecule has 0 bridgehead atoms. The van der Waals surface area contributed by atoms with E-state index in [1.807, 2.05) is 83.5 Å². The summed E-state index contributed by atoms with van der Waals surface area (Å²) in [5.41, 5.74) is 5.86. The number of aromatic nitrogens is 2. The Morgan fingerprint density at radius 3 is 2.43 bits per heavy atom. The van der Waals surface area contributed by atoms with Crippen LogP contribution in [-0.2, 0) is 14.1 Å². The van der Waals surface area contributed by atoms with Crippen LogP contribution in [0.4, 0.5) is 17.1 Å². The Morgan fingerprint density at radius 2 is 1.65 bits per heavy atom. The Balaban J connectivity index is 0.881. The number of likely N-dealkylation sites (tertiary alicyclic amines) is 1. The van der Waals surface area contributed by atoms with Crippen LogP contribution in [-0.4, -0.2) is 88.8 Å². The summed E-state index contributed by atoms with van der Waals surface area (Å²) in [6.07, 6.45) is 11.4. The molecule has 2 N–H and O–H groups in total. The van der Waals surface area contributed by atoms with Gasteiger partial charge in [-0.3, -0.25) is 19.4 Å². The van der Waals surface area contributed by atoms with Crippen LogP contribution in [0, 0.1) is 0 Å². The fraction of sp³-hybridized carbons (Fsp3) is 0.385. The highest BCUT2D eigenvalue weighted by atomic mass is 16.5. The minimum absolute atomic E-state index is 0.0121.